The minimum absolute atomic E-state index is 0.00730. The molecule has 24 heavy (non-hydrogen) atoms. The molecule has 1 N–H and O–H groups in total. The molecule has 3 rings (SSSR count). The molecule has 1 aromatic heterocycles. The maximum absolute atomic E-state index is 12.6. The Bertz CT molecular complexity index is 876. The van der Waals surface area contributed by atoms with Gasteiger partial charge >= 0.3 is 5.69 Å². The lowest BCUT2D eigenvalue weighted by atomic mass is 10.1. The van der Waals surface area contributed by atoms with Crippen LogP contribution in [0.2, 0.25) is 0 Å². The first-order valence-corrected chi connectivity index (χ1v) is 7.78. The van der Waals surface area contributed by atoms with Crippen LogP contribution in [0.15, 0.2) is 33.9 Å². The Kier molecular flexibility index (Phi) is 4.20. The van der Waals surface area contributed by atoms with E-state index in [9.17, 15) is 19.7 Å². The van der Waals surface area contributed by atoms with Crippen molar-refractivity contribution in [2.75, 3.05) is 18.0 Å². The van der Waals surface area contributed by atoms with Crippen LogP contribution in [0.5, 0.6) is 0 Å². The van der Waals surface area contributed by atoms with Gasteiger partial charge in [-0.1, -0.05) is 12.1 Å². The maximum Gasteiger partial charge on any atom is 0.329 e. The molecule has 1 aliphatic heterocycles. The second-order valence-electron chi connectivity index (χ2n) is 5.92. The van der Waals surface area contributed by atoms with Gasteiger partial charge in [-0.15, -0.1) is 0 Å². The zero-order valence-electron chi connectivity index (χ0n) is 13.3. The van der Waals surface area contributed by atoms with Crippen molar-refractivity contribution in [3.05, 3.63) is 66.3 Å². The average molecular weight is 330 g/mol. The lowest BCUT2D eigenvalue weighted by Crippen LogP contribution is -2.38. The molecule has 126 valence electrons. The van der Waals surface area contributed by atoms with E-state index >= 15 is 0 Å². The first-order valence-electron chi connectivity index (χ1n) is 7.78. The van der Waals surface area contributed by atoms with Gasteiger partial charge in [-0.25, -0.2) is 4.79 Å². The summed E-state index contributed by atoms with van der Waals surface area (Å²) in [6, 6.07) is 6.11. The molecule has 0 bridgehead atoms. The minimum atomic E-state index is -0.460. The van der Waals surface area contributed by atoms with Crippen LogP contribution < -0.4 is 16.1 Å². The lowest BCUT2D eigenvalue weighted by Gasteiger charge is -2.20. The van der Waals surface area contributed by atoms with Crippen molar-refractivity contribution in [2.45, 2.75) is 19.3 Å². The second kappa shape index (κ2) is 6.31. The van der Waals surface area contributed by atoms with Crippen molar-refractivity contribution in [1.82, 2.24) is 9.55 Å². The van der Waals surface area contributed by atoms with Crippen molar-refractivity contribution < 1.29 is 4.92 Å². The van der Waals surface area contributed by atoms with Crippen LogP contribution in [-0.2, 0) is 13.5 Å². The van der Waals surface area contributed by atoms with Gasteiger partial charge in [0.05, 0.1) is 10.5 Å². The van der Waals surface area contributed by atoms with Gasteiger partial charge in [-0.2, -0.15) is 0 Å². The van der Waals surface area contributed by atoms with Crippen LogP contribution in [0, 0.1) is 10.1 Å². The zero-order chi connectivity index (χ0) is 17.3. The number of aromatic amines is 1. The van der Waals surface area contributed by atoms with Crippen LogP contribution in [-0.4, -0.2) is 27.6 Å². The topological polar surface area (TPSA) is 101 Å². The first-order chi connectivity index (χ1) is 11.5. The molecule has 0 aliphatic carbocycles. The molecule has 1 aromatic carbocycles. The Morgan fingerprint density at radius 1 is 1.17 bits per heavy atom. The first kappa shape index (κ1) is 16.0. The average Bonchev–Trinajstić information content (AvgIpc) is 3.10. The zero-order valence-corrected chi connectivity index (χ0v) is 13.3. The van der Waals surface area contributed by atoms with E-state index in [0.29, 0.717) is 17.8 Å². The molecule has 8 heteroatoms. The van der Waals surface area contributed by atoms with Gasteiger partial charge in [-0.05, 0) is 18.4 Å². The van der Waals surface area contributed by atoms with E-state index in [1.54, 1.807) is 12.1 Å². The molecule has 0 spiro atoms. The molecule has 0 radical (unpaired) electrons. The number of rotatable bonds is 4. The monoisotopic (exact) mass is 330 g/mol. The predicted molar refractivity (Wildman–Crippen MR) is 89.7 cm³/mol. The summed E-state index contributed by atoms with van der Waals surface area (Å²) in [5.74, 6) is 0.568. The third-order valence-electron chi connectivity index (χ3n) is 4.33. The van der Waals surface area contributed by atoms with Crippen LogP contribution in [0.3, 0.4) is 0 Å². The van der Waals surface area contributed by atoms with E-state index in [1.807, 2.05) is 4.90 Å². The van der Waals surface area contributed by atoms with E-state index in [1.165, 1.54) is 19.2 Å². The van der Waals surface area contributed by atoms with Crippen molar-refractivity contribution in [2.24, 2.45) is 7.05 Å². The molecule has 8 nitrogen and oxygen atoms in total. The summed E-state index contributed by atoms with van der Waals surface area (Å²) in [5, 5.41) is 10.7. The van der Waals surface area contributed by atoms with Gasteiger partial charge in [0.15, 0.2) is 0 Å². The van der Waals surface area contributed by atoms with Crippen molar-refractivity contribution in [3.63, 3.8) is 0 Å². The standard InChI is InChI=1S/C16H18N4O4/c1-18-15(21)13(10-11-4-6-12(7-5-11)20(23)24)14(17-16(18)22)19-8-2-3-9-19/h4-7H,2-3,8-10H2,1H3,(H,17,22). The third-order valence-corrected chi connectivity index (χ3v) is 4.33. The molecule has 0 amide bonds. The molecular weight excluding hydrogens is 312 g/mol. The van der Waals surface area contributed by atoms with Crippen LogP contribution in [0.1, 0.15) is 24.0 Å². The third kappa shape index (κ3) is 2.94. The summed E-state index contributed by atoms with van der Waals surface area (Å²) < 4.78 is 1.06. The molecule has 1 saturated heterocycles. The molecule has 1 fully saturated rings. The number of hydrogen-bond acceptors (Lipinski definition) is 5. The fraction of sp³-hybridized carbons (Fsp3) is 0.375. The summed E-state index contributed by atoms with van der Waals surface area (Å²) in [6.07, 6.45) is 2.36. The van der Waals surface area contributed by atoms with E-state index in [2.05, 4.69) is 4.98 Å². The number of nitrogens with zero attached hydrogens (tertiary/aromatic N) is 3. The highest BCUT2D eigenvalue weighted by molar-refractivity contribution is 5.49. The number of anilines is 1. The van der Waals surface area contributed by atoms with Gasteiger partial charge in [-0.3, -0.25) is 24.5 Å². The van der Waals surface area contributed by atoms with Gasteiger partial charge in [0.2, 0.25) is 0 Å². The Labute approximate surface area is 137 Å². The number of H-pyrrole nitrogens is 1. The van der Waals surface area contributed by atoms with Crippen LogP contribution in [0.25, 0.3) is 0 Å². The number of nitrogens with one attached hydrogen (secondary N) is 1. The molecule has 2 heterocycles. The molecule has 0 saturated carbocycles. The predicted octanol–water partition coefficient (Wildman–Crippen LogP) is 1.17. The van der Waals surface area contributed by atoms with E-state index in [-0.39, 0.29) is 11.2 Å². The quantitative estimate of drug-likeness (QED) is 0.670. The fourth-order valence-corrected chi connectivity index (χ4v) is 2.97. The highest BCUT2D eigenvalue weighted by atomic mass is 16.6. The number of aromatic nitrogens is 2. The molecule has 0 unspecified atom stereocenters. The number of hydrogen-bond donors (Lipinski definition) is 1. The van der Waals surface area contributed by atoms with Crippen LogP contribution in [0.4, 0.5) is 11.5 Å². The normalized spacial score (nSPS) is 14.1. The van der Waals surface area contributed by atoms with Gasteiger partial charge in [0.25, 0.3) is 11.2 Å². The smallest absolute Gasteiger partial charge is 0.329 e. The summed E-state index contributed by atoms with van der Waals surface area (Å²) in [5.41, 5.74) is 0.527. The Hall–Kier alpha value is -2.90. The number of non-ortho nitro benzene ring substituents is 1. The highest BCUT2D eigenvalue weighted by Crippen LogP contribution is 2.22. The van der Waals surface area contributed by atoms with Crippen molar-refractivity contribution >= 4 is 11.5 Å². The van der Waals surface area contributed by atoms with E-state index < -0.39 is 10.6 Å². The summed E-state index contributed by atoms with van der Waals surface area (Å²) in [7, 11) is 1.44. The number of benzene rings is 1. The van der Waals surface area contributed by atoms with Gasteiger partial charge < -0.3 is 4.90 Å². The minimum Gasteiger partial charge on any atom is -0.358 e. The summed E-state index contributed by atoms with van der Waals surface area (Å²) >= 11 is 0. The molecule has 0 atom stereocenters. The largest absolute Gasteiger partial charge is 0.358 e. The summed E-state index contributed by atoms with van der Waals surface area (Å²) in [4.78, 5) is 39.6. The fourth-order valence-electron chi connectivity index (χ4n) is 2.97. The van der Waals surface area contributed by atoms with Gasteiger partial charge in [0.1, 0.15) is 5.82 Å². The maximum atomic E-state index is 12.6. The molecular formula is C16H18N4O4. The SMILES string of the molecule is Cn1c(=O)[nH]c(N2CCCC2)c(Cc2ccc([N+](=O)[O-])cc2)c1=O. The Balaban J connectivity index is 2.02. The second-order valence-corrected chi connectivity index (χ2v) is 5.92. The highest BCUT2D eigenvalue weighted by Gasteiger charge is 2.21. The number of nitro benzene ring substituents is 1. The van der Waals surface area contributed by atoms with Gasteiger partial charge in [0, 0.05) is 38.7 Å². The summed E-state index contributed by atoms with van der Waals surface area (Å²) in [6.45, 7) is 1.60. The van der Waals surface area contributed by atoms with E-state index in [4.69, 9.17) is 0 Å². The number of nitro groups is 1. The van der Waals surface area contributed by atoms with Crippen LogP contribution >= 0.6 is 0 Å². The Morgan fingerprint density at radius 3 is 2.38 bits per heavy atom. The van der Waals surface area contributed by atoms with Crippen molar-refractivity contribution in [1.29, 1.82) is 0 Å². The van der Waals surface area contributed by atoms with E-state index in [0.717, 1.165) is 36.1 Å². The molecule has 1 aliphatic rings. The Morgan fingerprint density at radius 2 is 1.79 bits per heavy atom. The molecule has 2 aromatic rings. The lowest BCUT2D eigenvalue weighted by molar-refractivity contribution is -0.384. The van der Waals surface area contributed by atoms with Crippen molar-refractivity contribution in [3.8, 4) is 0 Å².